The van der Waals surface area contributed by atoms with Crippen molar-refractivity contribution in [2.75, 3.05) is 46.4 Å². The molecule has 5 aliphatic rings. The number of ether oxygens (including phenoxy) is 5. The van der Waals surface area contributed by atoms with Gasteiger partial charge in [-0.25, -0.2) is 0 Å². The van der Waals surface area contributed by atoms with Crippen molar-refractivity contribution in [3.8, 4) is 11.5 Å². The summed E-state index contributed by atoms with van der Waals surface area (Å²) in [6, 6.07) is 4.01. The molecule has 0 amide bonds. The molecule has 9 nitrogen and oxygen atoms in total. The number of hydrogen-bond donors (Lipinski definition) is 0. The Kier molecular flexibility index (Phi) is 4.62. The molecule has 0 aromatic heterocycles. The number of nitrogens with zero attached hydrogens (tertiary/aromatic N) is 2. The molecule has 1 aromatic rings. The molecular formula is C26H32N2O7. The number of esters is 2. The van der Waals surface area contributed by atoms with Crippen molar-refractivity contribution in [3.05, 3.63) is 29.3 Å². The first-order valence-electron chi connectivity index (χ1n) is 12.1. The molecule has 188 valence electrons. The van der Waals surface area contributed by atoms with Crippen LogP contribution in [0.25, 0.3) is 0 Å². The lowest BCUT2D eigenvalue weighted by Crippen LogP contribution is -2.80. The van der Waals surface area contributed by atoms with Gasteiger partial charge in [0.2, 0.25) is 0 Å². The van der Waals surface area contributed by atoms with Crippen molar-refractivity contribution in [1.29, 1.82) is 0 Å². The van der Waals surface area contributed by atoms with Crippen LogP contribution in [0.1, 0.15) is 32.3 Å². The van der Waals surface area contributed by atoms with Gasteiger partial charge in [0.25, 0.3) is 0 Å². The topological polar surface area (TPSA) is 86.8 Å². The van der Waals surface area contributed by atoms with E-state index in [0.29, 0.717) is 30.9 Å². The summed E-state index contributed by atoms with van der Waals surface area (Å²) in [5, 5.41) is 0. The van der Waals surface area contributed by atoms with Crippen molar-refractivity contribution in [3.63, 3.8) is 0 Å². The molecule has 9 heteroatoms. The fourth-order valence-electron chi connectivity index (χ4n) is 8.34. The Morgan fingerprint density at radius 1 is 1.20 bits per heavy atom. The van der Waals surface area contributed by atoms with Gasteiger partial charge in [-0.15, -0.1) is 0 Å². The maximum atomic E-state index is 14.2. The van der Waals surface area contributed by atoms with Gasteiger partial charge >= 0.3 is 11.9 Å². The number of piperidine rings is 2. The number of allylic oxidation sites excluding steroid dienone is 1. The van der Waals surface area contributed by atoms with E-state index in [2.05, 4.69) is 15.9 Å². The lowest BCUT2D eigenvalue weighted by Gasteiger charge is -2.65. The minimum Gasteiger partial charge on any atom is -0.493 e. The predicted molar refractivity (Wildman–Crippen MR) is 125 cm³/mol. The highest BCUT2D eigenvalue weighted by molar-refractivity contribution is 5.87. The highest BCUT2D eigenvalue weighted by Gasteiger charge is 2.88. The van der Waals surface area contributed by atoms with Crippen LogP contribution in [0.2, 0.25) is 0 Å². The average Bonchev–Trinajstić information content (AvgIpc) is 3.47. The average molecular weight is 485 g/mol. The molecule has 4 bridgehead atoms. The molecule has 4 aliphatic heterocycles. The summed E-state index contributed by atoms with van der Waals surface area (Å²) in [4.78, 5) is 30.9. The standard InChI is InChI=1S/C26H32N2O7/c1-7-15-12-28-21-9-16(15)24(23(30)33-6,13-34-14(2)29)25-11-22(28)35-26(21,25)27(3)18-10-20(32-5)19(31-4)8-17(18)25/h7-8,10,16,21-22H,9,11-13H2,1-6H3. The van der Waals surface area contributed by atoms with Gasteiger partial charge < -0.3 is 28.6 Å². The molecular weight excluding hydrogens is 452 g/mol. The maximum absolute atomic E-state index is 14.2. The Bertz CT molecular complexity index is 1170. The third-order valence-electron chi connectivity index (χ3n) is 9.50. The van der Waals surface area contributed by atoms with Gasteiger partial charge in [0.05, 0.1) is 32.8 Å². The van der Waals surface area contributed by atoms with Crippen molar-refractivity contribution >= 4 is 17.6 Å². The number of likely N-dealkylation sites (N-methyl/N-ethyl adjacent to an activating group) is 1. The predicted octanol–water partition coefficient (Wildman–Crippen LogP) is 2.22. The Morgan fingerprint density at radius 3 is 2.54 bits per heavy atom. The van der Waals surface area contributed by atoms with Crippen molar-refractivity contribution in [2.45, 2.75) is 50.1 Å². The van der Waals surface area contributed by atoms with E-state index in [0.717, 1.165) is 16.8 Å². The Hall–Kier alpha value is -2.78. The zero-order valence-corrected chi connectivity index (χ0v) is 21.0. The third kappa shape index (κ3) is 2.23. The molecule has 6 atom stereocenters. The molecule has 1 spiro atoms. The van der Waals surface area contributed by atoms with E-state index >= 15 is 0 Å². The smallest absolute Gasteiger partial charge is 0.317 e. The minimum atomic E-state index is -1.17. The quantitative estimate of drug-likeness (QED) is 0.461. The third-order valence-corrected chi connectivity index (χ3v) is 9.50. The zero-order chi connectivity index (χ0) is 24.9. The van der Waals surface area contributed by atoms with Gasteiger partial charge in [0.15, 0.2) is 17.2 Å². The van der Waals surface area contributed by atoms with E-state index in [1.54, 1.807) is 14.2 Å². The summed E-state index contributed by atoms with van der Waals surface area (Å²) >= 11 is 0. The first-order chi connectivity index (χ1) is 16.8. The number of fused-ring (bicyclic) bond motifs is 4. The van der Waals surface area contributed by atoms with Crippen molar-refractivity contribution in [2.24, 2.45) is 11.3 Å². The van der Waals surface area contributed by atoms with E-state index in [1.807, 2.05) is 26.1 Å². The molecule has 1 saturated carbocycles. The van der Waals surface area contributed by atoms with Crippen LogP contribution in [0, 0.1) is 11.3 Å². The molecule has 3 saturated heterocycles. The first kappa shape index (κ1) is 22.7. The molecule has 4 fully saturated rings. The van der Waals surface area contributed by atoms with E-state index in [4.69, 9.17) is 23.7 Å². The SMILES string of the molecule is CC=C1CN2C3CC45c6cc(OC)c(OC)cc6N(C)C4(O3)C2CC1C5(COC(C)=O)C(=O)OC. The maximum Gasteiger partial charge on any atom is 0.317 e. The number of benzene rings is 1. The second kappa shape index (κ2) is 7.13. The molecule has 4 heterocycles. The second-order valence-electron chi connectivity index (χ2n) is 10.2. The summed E-state index contributed by atoms with van der Waals surface area (Å²) in [6.07, 6.45) is 3.23. The molecule has 0 N–H and O–H groups in total. The summed E-state index contributed by atoms with van der Waals surface area (Å²) in [6.45, 7) is 4.02. The van der Waals surface area contributed by atoms with Gasteiger partial charge in [0, 0.05) is 44.6 Å². The lowest BCUT2D eigenvalue weighted by atomic mass is 9.42. The number of anilines is 1. The number of carbonyl (C=O) groups excluding carboxylic acids is 2. The molecule has 0 radical (unpaired) electrons. The molecule has 6 rings (SSSR count). The molecule has 6 unspecified atom stereocenters. The number of hydrogen-bond acceptors (Lipinski definition) is 9. The van der Waals surface area contributed by atoms with Gasteiger partial charge in [-0.1, -0.05) is 11.6 Å². The molecule has 1 aromatic carbocycles. The van der Waals surface area contributed by atoms with E-state index < -0.39 is 22.5 Å². The van der Waals surface area contributed by atoms with E-state index in [-0.39, 0.29) is 30.8 Å². The fourth-order valence-corrected chi connectivity index (χ4v) is 8.34. The van der Waals surface area contributed by atoms with E-state index in [9.17, 15) is 9.59 Å². The van der Waals surface area contributed by atoms with E-state index in [1.165, 1.54) is 14.0 Å². The Balaban J connectivity index is 1.72. The van der Waals surface area contributed by atoms with Crippen LogP contribution in [0.4, 0.5) is 5.69 Å². The van der Waals surface area contributed by atoms with Crippen LogP contribution in [0.3, 0.4) is 0 Å². The normalized spacial score (nSPS) is 39.0. The Labute approximate surface area is 204 Å². The molecule has 1 aliphatic carbocycles. The largest absolute Gasteiger partial charge is 0.493 e. The zero-order valence-electron chi connectivity index (χ0n) is 21.0. The summed E-state index contributed by atoms with van der Waals surface area (Å²) in [5.41, 5.74) is 0.208. The van der Waals surface area contributed by atoms with Gasteiger partial charge in [0.1, 0.15) is 18.2 Å². The Morgan fingerprint density at radius 2 is 1.91 bits per heavy atom. The van der Waals surface area contributed by atoms with Crippen LogP contribution in [0.15, 0.2) is 23.8 Å². The fraction of sp³-hybridized carbons (Fsp3) is 0.615. The van der Waals surface area contributed by atoms with Crippen molar-refractivity contribution in [1.82, 2.24) is 4.90 Å². The first-order valence-corrected chi connectivity index (χ1v) is 12.1. The van der Waals surface area contributed by atoms with Crippen LogP contribution in [-0.2, 0) is 29.2 Å². The highest BCUT2D eigenvalue weighted by atomic mass is 16.6. The summed E-state index contributed by atoms with van der Waals surface area (Å²) in [7, 11) is 6.66. The monoisotopic (exact) mass is 484 g/mol. The minimum absolute atomic E-state index is 0.0689. The van der Waals surface area contributed by atoms with Gasteiger partial charge in [-0.3, -0.25) is 14.5 Å². The van der Waals surface area contributed by atoms with Crippen LogP contribution in [-0.4, -0.2) is 76.4 Å². The van der Waals surface area contributed by atoms with Gasteiger partial charge in [-0.2, -0.15) is 0 Å². The summed E-state index contributed by atoms with van der Waals surface area (Å²) < 4.78 is 29.6. The van der Waals surface area contributed by atoms with Crippen LogP contribution >= 0.6 is 0 Å². The van der Waals surface area contributed by atoms with Crippen molar-refractivity contribution < 1.29 is 33.3 Å². The van der Waals surface area contributed by atoms with Crippen LogP contribution < -0.4 is 14.4 Å². The van der Waals surface area contributed by atoms with Gasteiger partial charge in [-0.05, 0) is 25.0 Å². The number of rotatable bonds is 5. The molecule has 35 heavy (non-hydrogen) atoms. The highest BCUT2D eigenvalue weighted by Crippen LogP contribution is 2.78. The van der Waals surface area contributed by atoms with Crippen LogP contribution in [0.5, 0.6) is 11.5 Å². The second-order valence-corrected chi connectivity index (χ2v) is 10.2. The number of methoxy groups -OCH3 is 3. The number of carbonyl (C=O) groups is 2. The lowest BCUT2D eigenvalue weighted by molar-refractivity contribution is -0.199. The summed E-state index contributed by atoms with van der Waals surface area (Å²) in [5.74, 6) is 0.226.